The Bertz CT molecular complexity index is 1470. The summed E-state index contributed by atoms with van der Waals surface area (Å²) in [5.41, 5.74) is 1.57. The number of anilines is 1. The summed E-state index contributed by atoms with van der Waals surface area (Å²) in [6.07, 6.45) is 0.276. The van der Waals surface area contributed by atoms with Gasteiger partial charge in [0.05, 0.1) is 20.6 Å². The predicted octanol–water partition coefficient (Wildman–Crippen LogP) is 6.22. The number of rotatable bonds is 12. The minimum atomic E-state index is -4.25. The second-order valence-corrected chi connectivity index (χ2v) is 12.8. The molecule has 220 valence electrons. The number of amides is 2. The molecule has 1 N–H and O–H groups in total. The zero-order valence-electron chi connectivity index (χ0n) is 23.4. The lowest BCUT2D eigenvalue weighted by Crippen LogP contribution is -2.52. The smallest absolute Gasteiger partial charge is 0.264 e. The largest absolute Gasteiger partial charge is 0.354 e. The minimum Gasteiger partial charge on any atom is -0.354 e. The Labute approximate surface area is 251 Å². The van der Waals surface area contributed by atoms with Crippen LogP contribution in [0.5, 0.6) is 0 Å². The van der Waals surface area contributed by atoms with E-state index in [2.05, 4.69) is 5.32 Å². The van der Waals surface area contributed by atoms with Crippen LogP contribution in [0.3, 0.4) is 0 Å². The van der Waals surface area contributed by atoms with Gasteiger partial charge in [0.2, 0.25) is 11.8 Å². The van der Waals surface area contributed by atoms with E-state index in [4.69, 9.17) is 23.2 Å². The molecule has 0 aromatic heterocycles. The van der Waals surface area contributed by atoms with Crippen LogP contribution in [0, 0.1) is 18.7 Å². The van der Waals surface area contributed by atoms with Crippen LogP contribution in [-0.4, -0.2) is 44.3 Å². The summed E-state index contributed by atoms with van der Waals surface area (Å²) in [4.78, 5) is 28.6. The maximum atomic E-state index is 14.0. The second kappa shape index (κ2) is 14.2. The molecule has 0 aliphatic carbocycles. The predicted molar refractivity (Wildman–Crippen MR) is 161 cm³/mol. The van der Waals surface area contributed by atoms with E-state index in [0.29, 0.717) is 17.1 Å². The molecule has 0 aliphatic rings. The van der Waals surface area contributed by atoms with Gasteiger partial charge in [0, 0.05) is 13.1 Å². The molecule has 0 bridgehead atoms. The van der Waals surface area contributed by atoms with E-state index in [9.17, 15) is 22.4 Å². The molecule has 0 unspecified atom stereocenters. The number of sulfonamides is 1. The Balaban J connectivity index is 2.05. The number of hydrogen-bond acceptors (Lipinski definition) is 4. The number of nitrogens with zero attached hydrogens (tertiary/aromatic N) is 2. The molecule has 3 rings (SSSR count). The van der Waals surface area contributed by atoms with Crippen molar-refractivity contribution < 1.29 is 22.4 Å². The van der Waals surface area contributed by atoms with E-state index in [1.54, 1.807) is 37.3 Å². The molecule has 41 heavy (non-hydrogen) atoms. The SMILES string of the molecule is CC[C@@H](C(=O)NCC(C)C)N(Cc1ccc(Cl)c(Cl)c1)C(=O)CN(c1ccc(F)cc1)S(=O)(=O)c1ccc(C)cc1. The first kappa shape index (κ1) is 32.4. The molecule has 1 atom stereocenters. The van der Waals surface area contributed by atoms with Crippen LogP contribution in [0.15, 0.2) is 71.6 Å². The molecule has 2 amide bonds. The van der Waals surface area contributed by atoms with Crippen molar-refractivity contribution in [2.45, 2.75) is 51.6 Å². The summed E-state index contributed by atoms with van der Waals surface area (Å²) in [6.45, 7) is 7.27. The fraction of sp³-hybridized carbons (Fsp3) is 0.333. The van der Waals surface area contributed by atoms with Crippen molar-refractivity contribution in [3.8, 4) is 0 Å². The Morgan fingerprint density at radius 3 is 2.15 bits per heavy atom. The first-order chi connectivity index (χ1) is 19.3. The van der Waals surface area contributed by atoms with Gasteiger partial charge >= 0.3 is 0 Å². The highest BCUT2D eigenvalue weighted by molar-refractivity contribution is 7.92. The maximum absolute atomic E-state index is 14.0. The highest BCUT2D eigenvalue weighted by Gasteiger charge is 2.33. The Morgan fingerprint density at radius 2 is 1.59 bits per heavy atom. The number of benzene rings is 3. The van der Waals surface area contributed by atoms with Crippen molar-refractivity contribution >= 4 is 50.7 Å². The summed E-state index contributed by atoms with van der Waals surface area (Å²) in [7, 11) is -4.25. The quantitative estimate of drug-likeness (QED) is 0.260. The fourth-order valence-electron chi connectivity index (χ4n) is 4.15. The Hall–Kier alpha value is -3.14. The number of nitrogens with one attached hydrogen (secondary N) is 1. The Morgan fingerprint density at radius 1 is 0.951 bits per heavy atom. The molecule has 11 heteroatoms. The minimum absolute atomic E-state index is 0.0227. The molecular formula is C30H34Cl2FN3O4S. The van der Waals surface area contributed by atoms with E-state index in [1.165, 1.54) is 29.2 Å². The van der Waals surface area contributed by atoms with Crippen molar-refractivity contribution in [1.82, 2.24) is 10.2 Å². The summed E-state index contributed by atoms with van der Waals surface area (Å²) < 4.78 is 42.4. The molecule has 0 spiro atoms. The van der Waals surface area contributed by atoms with Gasteiger partial charge in [0.1, 0.15) is 18.4 Å². The van der Waals surface area contributed by atoms with E-state index >= 15 is 0 Å². The fourth-order valence-corrected chi connectivity index (χ4v) is 5.89. The van der Waals surface area contributed by atoms with Crippen molar-refractivity contribution in [2.24, 2.45) is 5.92 Å². The van der Waals surface area contributed by atoms with Crippen LogP contribution in [0.2, 0.25) is 10.0 Å². The first-order valence-electron chi connectivity index (χ1n) is 13.2. The number of aryl methyl sites for hydroxylation is 1. The van der Waals surface area contributed by atoms with E-state index in [0.717, 1.165) is 22.0 Å². The molecule has 0 radical (unpaired) electrons. The number of halogens is 3. The van der Waals surface area contributed by atoms with Crippen molar-refractivity contribution in [3.05, 3.63) is 93.7 Å². The molecule has 3 aromatic carbocycles. The first-order valence-corrected chi connectivity index (χ1v) is 15.4. The van der Waals surface area contributed by atoms with Crippen LogP contribution in [0.25, 0.3) is 0 Å². The Kier molecular flexibility index (Phi) is 11.2. The summed E-state index contributed by atoms with van der Waals surface area (Å²) in [5.74, 6) is -1.35. The average Bonchev–Trinajstić information content (AvgIpc) is 2.93. The molecule has 7 nitrogen and oxygen atoms in total. The molecule has 0 fully saturated rings. The third kappa shape index (κ3) is 8.44. The van der Waals surface area contributed by atoms with Gasteiger partial charge in [-0.2, -0.15) is 0 Å². The maximum Gasteiger partial charge on any atom is 0.264 e. The zero-order chi connectivity index (χ0) is 30.3. The third-order valence-electron chi connectivity index (χ3n) is 6.41. The number of carbonyl (C=O) groups excluding carboxylic acids is 2. The topological polar surface area (TPSA) is 86.8 Å². The lowest BCUT2D eigenvalue weighted by molar-refractivity contribution is -0.140. The monoisotopic (exact) mass is 621 g/mol. The summed E-state index contributed by atoms with van der Waals surface area (Å²) >= 11 is 12.3. The van der Waals surface area contributed by atoms with E-state index < -0.39 is 34.3 Å². The zero-order valence-corrected chi connectivity index (χ0v) is 25.7. The van der Waals surface area contributed by atoms with Crippen LogP contribution in [0.4, 0.5) is 10.1 Å². The summed E-state index contributed by atoms with van der Waals surface area (Å²) in [6, 6.07) is 15.0. The molecule has 0 saturated carbocycles. The lowest BCUT2D eigenvalue weighted by atomic mass is 10.1. The van der Waals surface area contributed by atoms with Gasteiger partial charge < -0.3 is 10.2 Å². The van der Waals surface area contributed by atoms with E-state index in [1.807, 2.05) is 20.8 Å². The number of hydrogen-bond donors (Lipinski definition) is 1. The third-order valence-corrected chi connectivity index (χ3v) is 8.94. The van der Waals surface area contributed by atoms with Crippen LogP contribution >= 0.6 is 23.2 Å². The average molecular weight is 623 g/mol. The van der Waals surface area contributed by atoms with Gasteiger partial charge in [-0.3, -0.25) is 13.9 Å². The van der Waals surface area contributed by atoms with Gasteiger partial charge in [0.15, 0.2) is 0 Å². The molecule has 0 saturated heterocycles. The van der Waals surface area contributed by atoms with Crippen molar-refractivity contribution in [3.63, 3.8) is 0 Å². The van der Waals surface area contributed by atoms with Gasteiger partial charge in [-0.15, -0.1) is 0 Å². The lowest BCUT2D eigenvalue weighted by Gasteiger charge is -2.33. The highest BCUT2D eigenvalue weighted by Crippen LogP contribution is 2.27. The van der Waals surface area contributed by atoms with Crippen molar-refractivity contribution in [1.29, 1.82) is 0 Å². The highest BCUT2D eigenvalue weighted by atomic mass is 35.5. The van der Waals surface area contributed by atoms with Gasteiger partial charge in [-0.05, 0) is 73.4 Å². The molecule has 0 heterocycles. The van der Waals surface area contributed by atoms with Gasteiger partial charge in [0.25, 0.3) is 10.0 Å². The van der Waals surface area contributed by atoms with Gasteiger partial charge in [-0.25, -0.2) is 12.8 Å². The van der Waals surface area contributed by atoms with Gasteiger partial charge in [-0.1, -0.05) is 67.7 Å². The number of carbonyl (C=O) groups is 2. The second-order valence-electron chi connectivity index (χ2n) is 10.1. The summed E-state index contributed by atoms with van der Waals surface area (Å²) in [5, 5.41) is 3.49. The molecule has 3 aromatic rings. The molecule has 0 aliphatic heterocycles. The standard InChI is InChI=1S/C30H34Cl2FN3O4S/c1-5-28(30(38)34-17-20(2)3)35(18-22-8-15-26(31)27(32)16-22)29(37)19-36(24-11-9-23(33)10-12-24)41(39,40)25-13-6-21(4)7-14-25/h6-16,20,28H,5,17-19H2,1-4H3,(H,34,38)/t28-/m0/s1. The normalized spacial score (nSPS) is 12.2. The van der Waals surface area contributed by atoms with Crippen LogP contribution < -0.4 is 9.62 Å². The molecular weight excluding hydrogens is 588 g/mol. The van der Waals surface area contributed by atoms with Crippen molar-refractivity contribution in [2.75, 3.05) is 17.4 Å². The van der Waals surface area contributed by atoms with Crippen LogP contribution in [0.1, 0.15) is 38.3 Å². The van der Waals surface area contributed by atoms with E-state index in [-0.39, 0.29) is 40.4 Å². The van der Waals surface area contributed by atoms with Crippen LogP contribution in [-0.2, 0) is 26.2 Å².